The number of rotatable bonds is 3. The molecule has 2 aromatic heterocycles. The SMILES string of the molecule is CC(=O)c1noc2c(F)cccc12.CON(C)C(=O)c1noc2c(F)cccc12.[CH3-].[Cl-].[Mg+2]. The molecule has 4 aromatic rings. The number of ketones is 1. The molecule has 0 spiro atoms. The van der Waals surface area contributed by atoms with Crippen molar-refractivity contribution in [3.8, 4) is 0 Å². The molecule has 0 aliphatic rings. The van der Waals surface area contributed by atoms with Crippen LogP contribution in [-0.2, 0) is 4.84 Å². The maximum atomic E-state index is 13.3. The topological polar surface area (TPSA) is 98.7 Å². The fourth-order valence-electron chi connectivity index (χ4n) is 2.50. The van der Waals surface area contributed by atoms with Gasteiger partial charge in [0.15, 0.2) is 28.8 Å². The Morgan fingerprint density at radius 3 is 1.81 bits per heavy atom. The first kappa shape index (κ1) is 29.4. The molecule has 12 heteroatoms. The number of hydrogen-bond acceptors (Lipinski definition) is 7. The molecule has 0 aliphatic heterocycles. The van der Waals surface area contributed by atoms with Gasteiger partial charge in [-0.25, -0.2) is 13.8 Å². The zero-order valence-electron chi connectivity index (χ0n) is 17.7. The van der Waals surface area contributed by atoms with E-state index in [0.29, 0.717) is 10.8 Å². The molecule has 0 unspecified atom stereocenters. The zero-order chi connectivity index (χ0) is 21.1. The van der Waals surface area contributed by atoms with Gasteiger partial charge in [-0.15, -0.1) is 0 Å². The van der Waals surface area contributed by atoms with Crippen LogP contribution in [0.15, 0.2) is 45.4 Å². The van der Waals surface area contributed by atoms with Gasteiger partial charge < -0.3 is 28.9 Å². The zero-order valence-corrected chi connectivity index (χ0v) is 19.9. The van der Waals surface area contributed by atoms with Crippen LogP contribution in [0.5, 0.6) is 0 Å². The van der Waals surface area contributed by atoms with Crippen LogP contribution in [0.1, 0.15) is 27.9 Å². The third kappa shape index (κ3) is 5.79. The van der Waals surface area contributed by atoms with E-state index in [1.54, 1.807) is 12.1 Å². The normalized spacial score (nSPS) is 9.66. The van der Waals surface area contributed by atoms with E-state index in [9.17, 15) is 18.4 Å². The average Bonchev–Trinajstić information content (AvgIpc) is 3.33. The molecule has 0 aliphatic carbocycles. The summed E-state index contributed by atoms with van der Waals surface area (Å²) >= 11 is 0. The Morgan fingerprint density at radius 2 is 1.38 bits per heavy atom. The molecule has 0 bridgehead atoms. The number of aromatic nitrogens is 2. The van der Waals surface area contributed by atoms with Crippen LogP contribution in [0.2, 0.25) is 0 Å². The molecule has 2 heterocycles. The van der Waals surface area contributed by atoms with Gasteiger partial charge in [-0.05, 0) is 24.3 Å². The second-order valence-corrected chi connectivity index (χ2v) is 5.84. The van der Waals surface area contributed by atoms with Crippen LogP contribution in [-0.4, -0.2) is 64.3 Å². The van der Waals surface area contributed by atoms with Crippen molar-refractivity contribution in [3.05, 3.63) is 66.8 Å². The Bertz CT molecular complexity index is 1210. The van der Waals surface area contributed by atoms with Gasteiger partial charge in [-0.1, -0.05) is 22.4 Å². The first-order chi connectivity index (χ1) is 13.8. The second kappa shape index (κ2) is 12.4. The Morgan fingerprint density at radius 1 is 0.938 bits per heavy atom. The van der Waals surface area contributed by atoms with Crippen LogP contribution >= 0.6 is 0 Å². The number of para-hydroxylation sites is 2. The number of amides is 1. The third-order valence-electron chi connectivity index (χ3n) is 4.00. The summed E-state index contributed by atoms with van der Waals surface area (Å²) in [4.78, 5) is 27.4. The summed E-state index contributed by atoms with van der Waals surface area (Å²) in [5, 5.41) is 8.77. The van der Waals surface area contributed by atoms with Crippen molar-refractivity contribution >= 4 is 56.7 Å². The van der Waals surface area contributed by atoms with E-state index < -0.39 is 17.5 Å². The summed E-state index contributed by atoms with van der Waals surface area (Å²) < 4.78 is 35.7. The minimum Gasteiger partial charge on any atom is -1.00 e. The Labute approximate surface area is 204 Å². The number of carbonyl (C=O) groups is 2. The van der Waals surface area contributed by atoms with Crippen LogP contribution in [0, 0.1) is 19.1 Å². The minimum atomic E-state index is -0.552. The van der Waals surface area contributed by atoms with Crippen molar-refractivity contribution in [2.45, 2.75) is 6.92 Å². The van der Waals surface area contributed by atoms with E-state index in [-0.39, 0.29) is 71.2 Å². The molecule has 8 nitrogen and oxygen atoms in total. The van der Waals surface area contributed by atoms with Gasteiger partial charge in [-0.3, -0.25) is 14.4 Å². The van der Waals surface area contributed by atoms with Crippen molar-refractivity contribution in [2.75, 3.05) is 14.2 Å². The van der Waals surface area contributed by atoms with Crippen LogP contribution < -0.4 is 12.4 Å². The molecule has 0 saturated heterocycles. The molecule has 0 saturated carbocycles. The first-order valence-corrected chi connectivity index (χ1v) is 8.26. The van der Waals surface area contributed by atoms with Gasteiger partial charge in [0.25, 0.3) is 5.91 Å². The molecule has 2 aromatic carbocycles. The first-order valence-electron chi connectivity index (χ1n) is 8.26. The number of hydrogen-bond donors (Lipinski definition) is 0. The molecular weight excluding hydrogens is 460 g/mol. The smallest absolute Gasteiger partial charge is 1.00 e. The van der Waals surface area contributed by atoms with E-state index >= 15 is 0 Å². The third-order valence-corrected chi connectivity index (χ3v) is 4.00. The number of carbonyl (C=O) groups excluding carboxylic acids is 2. The van der Waals surface area contributed by atoms with Crippen molar-refractivity contribution in [2.24, 2.45) is 0 Å². The van der Waals surface area contributed by atoms with E-state index in [4.69, 9.17) is 13.9 Å². The van der Waals surface area contributed by atoms with Gasteiger partial charge in [0.05, 0.1) is 17.9 Å². The summed E-state index contributed by atoms with van der Waals surface area (Å²) in [6, 6.07) is 8.66. The molecule has 0 radical (unpaired) electrons. The summed E-state index contributed by atoms with van der Waals surface area (Å²) in [7, 11) is 2.78. The van der Waals surface area contributed by atoms with Gasteiger partial charge in [0.1, 0.15) is 0 Å². The summed E-state index contributed by atoms with van der Waals surface area (Å²) in [6.07, 6.45) is 0. The fourth-order valence-corrected chi connectivity index (χ4v) is 2.50. The van der Waals surface area contributed by atoms with Crippen molar-refractivity contribution in [1.29, 1.82) is 0 Å². The molecule has 166 valence electrons. The van der Waals surface area contributed by atoms with Crippen LogP contribution in [0.4, 0.5) is 8.78 Å². The standard InChI is InChI=1S/C10H9FN2O3.C9H6FNO2.CH3.ClH.Mg/c1-13(15-2)10(14)8-6-4-3-5-7(11)9(6)16-12-8;1-5(12)8-6-3-2-4-7(10)9(6)13-11-8;;;/h3-5H,1-2H3;2-4H,1H3;1H3;1H;/q;;-1;;+2/p-1. The van der Waals surface area contributed by atoms with Gasteiger partial charge in [-0.2, -0.15) is 0 Å². The molecule has 4 rings (SSSR count). The quantitative estimate of drug-likeness (QED) is 0.186. The Hall–Kier alpha value is -2.60. The fraction of sp³-hybridized carbons (Fsp3) is 0.150. The number of halogens is 3. The molecule has 0 fully saturated rings. The number of benzene rings is 2. The molecule has 32 heavy (non-hydrogen) atoms. The van der Waals surface area contributed by atoms with E-state index in [1.807, 2.05) is 0 Å². The van der Waals surface area contributed by atoms with Gasteiger partial charge in [0, 0.05) is 14.0 Å². The second-order valence-electron chi connectivity index (χ2n) is 5.84. The molecule has 0 N–H and O–H groups in total. The predicted molar refractivity (Wildman–Crippen MR) is 109 cm³/mol. The number of fused-ring (bicyclic) bond motifs is 2. The van der Waals surface area contributed by atoms with Gasteiger partial charge in [0.2, 0.25) is 11.2 Å². The monoisotopic (exact) mass is 477 g/mol. The molecule has 0 atom stereocenters. The summed E-state index contributed by atoms with van der Waals surface area (Å²) in [5.41, 5.74) is 0.205. The Balaban J connectivity index is 0.000000558. The van der Waals surface area contributed by atoms with Crippen LogP contribution in [0.25, 0.3) is 21.9 Å². The maximum Gasteiger partial charge on any atom is 2.00 e. The number of Topliss-reactive ketones (excluding diaryl/α,β-unsaturated/α-hetero) is 1. The van der Waals surface area contributed by atoms with Gasteiger partial charge >= 0.3 is 23.1 Å². The largest absolute Gasteiger partial charge is 2.00 e. The maximum absolute atomic E-state index is 13.3. The van der Waals surface area contributed by atoms with E-state index in [2.05, 4.69) is 10.3 Å². The summed E-state index contributed by atoms with van der Waals surface area (Å²) in [6.45, 7) is 1.36. The van der Waals surface area contributed by atoms with Crippen molar-refractivity contribution in [3.63, 3.8) is 0 Å². The van der Waals surface area contributed by atoms with E-state index in [1.165, 1.54) is 45.3 Å². The average molecular weight is 478 g/mol. The van der Waals surface area contributed by atoms with Crippen molar-refractivity contribution in [1.82, 2.24) is 15.4 Å². The number of nitrogens with zero attached hydrogens (tertiary/aromatic N) is 3. The summed E-state index contributed by atoms with van der Waals surface area (Å²) in [5.74, 6) is -1.78. The van der Waals surface area contributed by atoms with Crippen molar-refractivity contribution < 1.29 is 44.7 Å². The minimum absolute atomic E-state index is 0. The molecule has 1 amide bonds. The Kier molecular flexibility index (Phi) is 11.4. The predicted octanol–water partition coefficient (Wildman–Crippen LogP) is 0.843. The van der Waals surface area contributed by atoms with E-state index in [0.717, 1.165) is 5.06 Å². The number of hydroxylamine groups is 2. The van der Waals surface area contributed by atoms with Crippen LogP contribution in [0.3, 0.4) is 0 Å². The molecular formula is C20H18ClF2MgN3O5.